The van der Waals surface area contributed by atoms with Crippen molar-refractivity contribution in [2.75, 3.05) is 0 Å². The Hall–Kier alpha value is -1.61. The van der Waals surface area contributed by atoms with Gasteiger partial charge in [-0.3, -0.25) is 4.79 Å². The van der Waals surface area contributed by atoms with E-state index in [4.69, 9.17) is 11.6 Å². The number of carbonyl (C=O) groups excluding carboxylic acids is 1. The Morgan fingerprint density at radius 3 is 3.11 bits per heavy atom. The Balaban J connectivity index is 1.64. The fourth-order valence-corrected chi connectivity index (χ4v) is 2.67. The van der Waals surface area contributed by atoms with E-state index in [0.29, 0.717) is 22.4 Å². The minimum Gasteiger partial charge on any atom is -0.267 e. The van der Waals surface area contributed by atoms with Crippen LogP contribution in [0.1, 0.15) is 23.2 Å². The van der Waals surface area contributed by atoms with Crippen molar-refractivity contribution < 1.29 is 4.79 Å². The molecule has 3 nitrogen and oxygen atoms in total. The van der Waals surface area contributed by atoms with Crippen molar-refractivity contribution in [3.05, 3.63) is 47.0 Å². The molecule has 2 unspecified atom stereocenters. The first-order valence-electron chi connectivity index (χ1n) is 6.03. The molecule has 0 aliphatic heterocycles. The number of halogens is 1. The van der Waals surface area contributed by atoms with Gasteiger partial charge in [0.05, 0.1) is 0 Å². The van der Waals surface area contributed by atoms with Crippen molar-refractivity contribution in [1.82, 2.24) is 5.43 Å². The van der Waals surface area contributed by atoms with Gasteiger partial charge >= 0.3 is 0 Å². The number of amides is 1. The van der Waals surface area contributed by atoms with E-state index in [1.54, 1.807) is 24.3 Å². The number of hydrogen-bond donors (Lipinski definition) is 1. The van der Waals surface area contributed by atoms with Gasteiger partial charge in [-0.2, -0.15) is 5.10 Å². The van der Waals surface area contributed by atoms with Gasteiger partial charge in [-0.1, -0.05) is 29.8 Å². The Kier molecular flexibility index (Phi) is 2.92. The summed E-state index contributed by atoms with van der Waals surface area (Å²) < 4.78 is 0. The Morgan fingerprint density at radius 2 is 2.33 bits per heavy atom. The molecule has 1 saturated carbocycles. The van der Waals surface area contributed by atoms with Gasteiger partial charge in [-0.15, -0.1) is 0 Å². The number of nitrogens with zero attached hydrogens (tertiary/aromatic N) is 1. The lowest BCUT2D eigenvalue weighted by Gasteiger charge is -2.31. The lowest BCUT2D eigenvalue weighted by Crippen LogP contribution is -2.35. The maximum Gasteiger partial charge on any atom is 0.271 e. The summed E-state index contributed by atoms with van der Waals surface area (Å²) in [6, 6.07) is 6.86. The summed E-state index contributed by atoms with van der Waals surface area (Å²) in [5, 5.41) is 4.77. The third-order valence-electron chi connectivity index (χ3n) is 3.55. The predicted octanol–water partition coefficient (Wildman–Crippen LogP) is 3.02. The van der Waals surface area contributed by atoms with E-state index in [-0.39, 0.29) is 5.91 Å². The molecule has 1 N–H and O–H groups in total. The molecule has 0 radical (unpaired) electrons. The smallest absolute Gasteiger partial charge is 0.267 e. The van der Waals surface area contributed by atoms with Crippen LogP contribution in [0.2, 0.25) is 5.02 Å². The molecular formula is C14H13ClN2O. The van der Waals surface area contributed by atoms with Crippen LogP contribution in [0.15, 0.2) is 41.5 Å². The molecule has 18 heavy (non-hydrogen) atoms. The second-order valence-corrected chi connectivity index (χ2v) is 5.13. The molecule has 0 saturated heterocycles. The number of allylic oxidation sites excluding steroid dienone is 2. The quantitative estimate of drug-likeness (QED) is 0.645. The number of hydrazone groups is 1. The summed E-state index contributed by atoms with van der Waals surface area (Å²) in [5.41, 5.74) is 4.24. The molecule has 0 heterocycles. The zero-order valence-corrected chi connectivity index (χ0v) is 10.5. The molecule has 0 bridgehead atoms. The van der Waals surface area contributed by atoms with E-state index >= 15 is 0 Å². The number of nitrogens with one attached hydrogen (secondary N) is 1. The van der Waals surface area contributed by atoms with Crippen molar-refractivity contribution in [1.29, 1.82) is 0 Å². The first-order valence-corrected chi connectivity index (χ1v) is 6.41. The lowest BCUT2D eigenvalue weighted by atomic mass is 9.74. The van der Waals surface area contributed by atoms with Crippen LogP contribution in [0, 0.1) is 11.8 Å². The first-order chi connectivity index (χ1) is 8.74. The van der Waals surface area contributed by atoms with Gasteiger partial charge < -0.3 is 0 Å². The highest BCUT2D eigenvalue weighted by molar-refractivity contribution is 6.30. The SMILES string of the molecule is O=C(NN=C1CC2C=CCC12)c1cccc(Cl)c1. The standard InChI is InChI=1S/C14H13ClN2O/c15-11-5-1-4-10(7-11)14(18)17-16-13-8-9-3-2-6-12(9)13/h1-5,7,9,12H,6,8H2,(H,17,18). The number of rotatable bonds is 2. The van der Waals surface area contributed by atoms with Gasteiger partial charge in [0, 0.05) is 22.2 Å². The van der Waals surface area contributed by atoms with Crippen molar-refractivity contribution in [2.24, 2.45) is 16.9 Å². The van der Waals surface area contributed by atoms with Crippen LogP contribution in [0.5, 0.6) is 0 Å². The minimum atomic E-state index is -0.209. The maximum atomic E-state index is 11.8. The summed E-state index contributed by atoms with van der Waals surface area (Å²) in [7, 11) is 0. The van der Waals surface area contributed by atoms with E-state index in [0.717, 1.165) is 18.6 Å². The van der Waals surface area contributed by atoms with E-state index < -0.39 is 0 Å². The average Bonchev–Trinajstić information content (AvgIpc) is 2.71. The van der Waals surface area contributed by atoms with Gasteiger partial charge in [0.2, 0.25) is 0 Å². The highest BCUT2D eigenvalue weighted by atomic mass is 35.5. The molecule has 1 aromatic rings. The third kappa shape index (κ3) is 2.06. The van der Waals surface area contributed by atoms with Crippen LogP contribution in [-0.2, 0) is 0 Å². The van der Waals surface area contributed by atoms with Crippen molar-refractivity contribution in [3.63, 3.8) is 0 Å². The normalized spacial score (nSPS) is 26.8. The van der Waals surface area contributed by atoms with Crippen LogP contribution in [0.4, 0.5) is 0 Å². The molecule has 2 atom stereocenters. The van der Waals surface area contributed by atoms with Crippen LogP contribution >= 0.6 is 11.6 Å². The largest absolute Gasteiger partial charge is 0.271 e. The van der Waals surface area contributed by atoms with Crippen LogP contribution in [-0.4, -0.2) is 11.6 Å². The van der Waals surface area contributed by atoms with E-state index in [1.807, 2.05) is 0 Å². The lowest BCUT2D eigenvalue weighted by molar-refractivity contribution is 0.0954. The van der Waals surface area contributed by atoms with Gasteiger partial charge in [-0.25, -0.2) is 5.43 Å². The molecule has 1 amide bonds. The Morgan fingerprint density at radius 1 is 1.44 bits per heavy atom. The highest BCUT2D eigenvalue weighted by Gasteiger charge is 2.37. The van der Waals surface area contributed by atoms with Crippen molar-refractivity contribution >= 4 is 23.2 Å². The summed E-state index contributed by atoms with van der Waals surface area (Å²) in [5.74, 6) is 0.955. The molecular weight excluding hydrogens is 248 g/mol. The molecule has 0 aromatic heterocycles. The molecule has 92 valence electrons. The topological polar surface area (TPSA) is 41.5 Å². The average molecular weight is 261 g/mol. The first kappa shape index (κ1) is 11.5. The van der Waals surface area contributed by atoms with E-state index in [9.17, 15) is 4.79 Å². The fraction of sp³-hybridized carbons (Fsp3) is 0.286. The summed E-state index contributed by atoms with van der Waals surface area (Å²) in [6.45, 7) is 0. The van der Waals surface area contributed by atoms with Crippen LogP contribution < -0.4 is 5.43 Å². The Labute approximate surface area is 111 Å². The monoisotopic (exact) mass is 260 g/mol. The minimum absolute atomic E-state index is 0.209. The van der Waals surface area contributed by atoms with Crippen LogP contribution in [0.3, 0.4) is 0 Å². The number of benzene rings is 1. The zero-order chi connectivity index (χ0) is 12.5. The number of fused-ring (bicyclic) bond motifs is 1. The Bertz CT molecular complexity index is 550. The molecule has 3 rings (SSSR count). The molecule has 4 heteroatoms. The van der Waals surface area contributed by atoms with E-state index in [2.05, 4.69) is 22.7 Å². The molecule has 2 aliphatic carbocycles. The number of hydrogen-bond acceptors (Lipinski definition) is 2. The predicted molar refractivity (Wildman–Crippen MR) is 71.7 cm³/mol. The highest BCUT2D eigenvalue weighted by Crippen LogP contribution is 2.40. The molecule has 2 aliphatic rings. The van der Waals surface area contributed by atoms with Gasteiger partial charge in [0.15, 0.2) is 0 Å². The molecule has 0 spiro atoms. The van der Waals surface area contributed by atoms with Crippen molar-refractivity contribution in [2.45, 2.75) is 12.8 Å². The second-order valence-electron chi connectivity index (χ2n) is 4.69. The number of carbonyl (C=O) groups is 1. The second kappa shape index (κ2) is 4.58. The van der Waals surface area contributed by atoms with Gasteiger partial charge in [-0.05, 0) is 37.0 Å². The fourth-order valence-electron chi connectivity index (χ4n) is 2.48. The van der Waals surface area contributed by atoms with Gasteiger partial charge in [0.25, 0.3) is 5.91 Å². The van der Waals surface area contributed by atoms with Crippen molar-refractivity contribution in [3.8, 4) is 0 Å². The van der Waals surface area contributed by atoms with Gasteiger partial charge in [0.1, 0.15) is 0 Å². The van der Waals surface area contributed by atoms with E-state index in [1.165, 1.54) is 0 Å². The maximum absolute atomic E-state index is 11.8. The van der Waals surface area contributed by atoms with Crippen LogP contribution in [0.25, 0.3) is 0 Å². The molecule has 1 aromatic carbocycles. The summed E-state index contributed by atoms with van der Waals surface area (Å²) in [4.78, 5) is 11.8. The third-order valence-corrected chi connectivity index (χ3v) is 3.79. The summed E-state index contributed by atoms with van der Waals surface area (Å²) >= 11 is 5.84. The summed E-state index contributed by atoms with van der Waals surface area (Å²) in [6.07, 6.45) is 6.45. The molecule has 1 fully saturated rings. The zero-order valence-electron chi connectivity index (χ0n) is 9.77.